The second-order valence-electron chi connectivity index (χ2n) is 11.0. The third-order valence-corrected chi connectivity index (χ3v) is 7.17. The highest BCUT2D eigenvalue weighted by Gasteiger charge is 2.40. The zero-order chi connectivity index (χ0) is 22.4. The fraction of sp³-hybridized carbons (Fsp3) is 0.944. The number of oxime groups is 1. The maximum atomic E-state index is 6.64. The standard InChI is InChI=1S/C18H45NO5Si4/c1-20-19-14-16(22-26(5,6)7)18(24-28(11,12)13)17(23-27(8,9)10)15-21-25(2,3)4/h14,16-18H,15H2,1-13H3. The largest absolute Gasteiger partial charge is 0.415 e. The second-order valence-corrected chi connectivity index (χ2v) is 28.9. The van der Waals surface area contributed by atoms with Crippen molar-refractivity contribution in [1.29, 1.82) is 0 Å². The number of hydrogen-bond acceptors (Lipinski definition) is 6. The molecule has 0 radical (unpaired) electrons. The average Bonchev–Trinajstić information content (AvgIpc) is 2.41. The molecule has 0 spiro atoms. The fourth-order valence-corrected chi connectivity index (χ4v) is 6.34. The minimum Gasteiger partial charge on any atom is -0.415 e. The molecular formula is C18H45NO5Si4. The fourth-order valence-electron chi connectivity index (χ4n) is 2.46. The van der Waals surface area contributed by atoms with Crippen molar-refractivity contribution in [3.05, 3.63) is 0 Å². The van der Waals surface area contributed by atoms with Gasteiger partial charge < -0.3 is 22.5 Å². The number of hydrogen-bond donors (Lipinski definition) is 0. The highest BCUT2D eigenvalue weighted by Crippen LogP contribution is 2.24. The molecule has 0 rings (SSSR count). The van der Waals surface area contributed by atoms with Gasteiger partial charge in [0.05, 0.1) is 18.9 Å². The first kappa shape index (κ1) is 28.2. The van der Waals surface area contributed by atoms with Crippen LogP contribution in [0, 0.1) is 0 Å². The summed E-state index contributed by atoms with van der Waals surface area (Å²) in [7, 11) is -5.75. The van der Waals surface area contributed by atoms with Crippen molar-refractivity contribution in [3.8, 4) is 0 Å². The summed E-state index contributed by atoms with van der Waals surface area (Å²) in [6.07, 6.45) is 0.873. The molecule has 0 aliphatic rings. The van der Waals surface area contributed by atoms with Crippen LogP contribution in [0.4, 0.5) is 0 Å². The number of rotatable bonds is 13. The van der Waals surface area contributed by atoms with Gasteiger partial charge >= 0.3 is 0 Å². The molecule has 28 heavy (non-hydrogen) atoms. The van der Waals surface area contributed by atoms with E-state index in [1.807, 2.05) is 0 Å². The summed E-state index contributed by atoms with van der Waals surface area (Å²) in [5.41, 5.74) is 0. The van der Waals surface area contributed by atoms with E-state index in [1.54, 1.807) is 13.3 Å². The van der Waals surface area contributed by atoms with Crippen LogP contribution in [0.1, 0.15) is 0 Å². The topological polar surface area (TPSA) is 58.5 Å². The lowest BCUT2D eigenvalue weighted by molar-refractivity contribution is -0.0281. The van der Waals surface area contributed by atoms with Gasteiger partial charge in [-0.3, -0.25) is 0 Å². The van der Waals surface area contributed by atoms with Gasteiger partial charge in [-0.05, 0) is 78.6 Å². The molecule has 168 valence electrons. The molecule has 0 saturated carbocycles. The molecule has 0 bridgehead atoms. The highest BCUT2D eigenvalue weighted by molar-refractivity contribution is 6.71. The first-order chi connectivity index (χ1) is 12.3. The van der Waals surface area contributed by atoms with E-state index < -0.39 is 33.3 Å². The van der Waals surface area contributed by atoms with Gasteiger partial charge in [-0.15, -0.1) is 0 Å². The van der Waals surface area contributed by atoms with E-state index in [2.05, 4.69) is 83.7 Å². The van der Waals surface area contributed by atoms with Crippen LogP contribution in [-0.4, -0.2) is 71.5 Å². The first-order valence-electron chi connectivity index (χ1n) is 10.1. The van der Waals surface area contributed by atoms with Crippen LogP contribution in [0.25, 0.3) is 0 Å². The first-order valence-corrected chi connectivity index (χ1v) is 23.7. The van der Waals surface area contributed by atoms with Crippen LogP contribution in [0.15, 0.2) is 5.16 Å². The summed E-state index contributed by atoms with van der Waals surface area (Å²) in [5.74, 6) is 0. The molecule has 3 unspecified atom stereocenters. The lowest BCUT2D eigenvalue weighted by Gasteiger charge is -2.41. The third kappa shape index (κ3) is 15.1. The van der Waals surface area contributed by atoms with E-state index in [9.17, 15) is 0 Å². The van der Waals surface area contributed by atoms with E-state index in [-0.39, 0.29) is 18.3 Å². The third-order valence-electron chi connectivity index (χ3n) is 3.17. The molecule has 6 nitrogen and oxygen atoms in total. The molecule has 0 N–H and O–H groups in total. The van der Waals surface area contributed by atoms with Crippen LogP contribution in [0.5, 0.6) is 0 Å². The smallest absolute Gasteiger partial charge is 0.184 e. The predicted octanol–water partition coefficient (Wildman–Crippen LogP) is 5.13. The Morgan fingerprint density at radius 3 is 1.50 bits per heavy atom. The summed E-state index contributed by atoms with van der Waals surface area (Å²) in [6, 6.07) is 0. The lowest BCUT2D eigenvalue weighted by atomic mass is 10.1. The molecule has 0 heterocycles. The van der Waals surface area contributed by atoms with Gasteiger partial charge in [0, 0.05) is 0 Å². The predicted molar refractivity (Wildman–Crippen MR) is 129 cm³/mol. The van der Waals surface area contributed by atoms with E-state index >= 15 is 0 Å². The molecule has 10 heteroatoms. The van der Waals surface area contributed by atoms with Crippen molar-refractivity contribution in [2.45, 2.75) is 96.9 Å². The second kappa shape index (κ2) is 11.0. The van der Waals surface area contributed by atoms with Crippen LogP contribution in [0.3, 0.4) is 0 Å². The van der Waals surface area contributed by atoms with E-state index in [0.717, 1.165) is 0 Å². The maximum absolute atomic E-state index is 6.64. The zero-order valence-electron chi connectivity index (χ0n) is 20.5. The molecule has 0 aliphatic carbocycles. The van der Waals surface area contributed by atoms with E-state index in [1.165, 1.54) is 0 Å². The Balaban J connectivity index is 6.01. The summed E-state index contributed by atoms with van der Waals surface area (Å²) in [4.78, 5) is 4.97. The van der Waals surface area contributed by atoms with Gasteiger partial charge in [0.2, 0.25) is 0 Å². The van der Waals surface area contributed by atoms with Crippen molar-refractivity contribution in [2.24, 2.45) is 5.16 Å². The quantitative estimate of drug-likeness (QED) is 0.213. The molecule has 0 fully saturated rings. The molecule has 0 aliphatic heterocycles. The Bertz CT molecular complexity index is 478. The SMILES string of the molecule is CON=CC(O[Si](C)(C)C)C(O[Si](C)(C)C)C(CO[Si](C)(C)C)O[Si](C)(C)C. The molecule has 0 aromatic heterocycles. The monoisotopic (exact) mass is 467 g/mol. The average molecular weight is 468 g/mol. The van der Waals surface area contributed by atoms with Crippen LogP contribution >= 0.6 is 0 Å². The minimum absolute atomic E-state index is 0.213. The van der Waals surface area contributed by atoms with Gasteiger partial charge in [-0.2, -0.15) is 0 Å². The van der Waals surface area contributed by atoms with Gasteiger partial charge in [0.15, 0.2) is 33.3 Å². The molecule has 3 atom stereocenters. The van der Waals surface area contributed by atoms with Gasteiger partial charge in [0.25, 0.3) is 0 Å². The maximum Gasteiger partial charge on any atom is 0.184 e. The molecule has 0 saturated heterocycles. The van der Waals surface area contributed by atoms with Crippen LogP contribution in [-0.2, 0) is 22.5 Å². The van der Waals surface area contributed by atoms with Crippen molar-refractivity contribution >= 4 is 39.5 Å². The Morgan fingerprint density at radius 2 is 1.14 bits per heavy atom. The van der Waals surface area contributed by atoms with Crippen molar-refractivity contribution in [3.63, 3.8) is 0 Å². The molecule has 0 aromatic carbocycles. The summed E-state index contributed by atoms with van der Waals surface area (Å²) in [5, 5.41) is 4.03. The molecular weight excluding hydrogens is 423 g/mol. The van der Waals surface area contributed by atoms with Crippen molar-refractivity contribution < 1.29 is 22.5 Å². The van der Waals surface area contributed by atoms with Crippen LogP contribution < -0.4 is 0 Å². The Kier molecular flexibility index (Phi) is 11.1. The summed E-state index contributed by atoms with van der Waals surface area (Å²) >= 11 is 0. The lowest BCUT2D eigenvalue weighted by Crippen LogP contribution is -2.55. The zero-order valence-corrected chi connectivity index (χ0v) is 24.5. The summed E-state index contributed by atoms with van der Waals surface area (Å²) in [6.45, 7) is 26.7. The van der Waals surface area contributed by atoms with Crippen molar-refractivity contribution in [1.82, 2.24) is 0 Å². The normalized spacial score (nSPS) is 17.6. The van der Waals surface area contributed by atoms with E-state index in [0.29, 0.717) is 6.61 Å². The van der Waals surface area contributed by atoms with Crippen molar-refractivity contribution in [2.75, 3.05) is 13.7 Å². The number of nitrogens with zero attached hydrogens (tertiary/aromatic N) is 1. The van der Waals surface area contributed by atoms with Crippen LogP contribution in [0.2, 0.25) is 78.6 Å². The summed E-state index contributed by atoms with van der Waals surface area (Å²) < 4.78 is 26.0. The molecule has 0 amide bonds. The highest BCUT2D eigenvalue weighted by atomic mass is 28.4. The Labute approximate surface area is 177 Å². The van der Waals surface area contributed by atoms with Gasteiger partial charge in [-0.1, -0.05) is 5.16 Å². The molecule has 0 aromatic rings. The Hall–Kier alpha value is 0.178. The minimum atomic E-state index is -1.89. The van der Waals surface area contributed by atoms with Gasteiger partial charge in [-0.25, -0.2) is 0 Å². The van der Waals surface area contributed by atoms with E-state index in [4.69, 9.17) is 22.5 Å². The van der Waals surface area contributed by atoms with Gasteiger partial charge in [0.1, 0.15) is 19.3 Å². The Morgan fingerprint density at radius 1 is 0.679 bits per heavy atom.